The molecule has 1 rings (SSSR count). The van der Waals surface area contributed by atoms with E-state index in [-0.39, 0.29) is 24.1 Å². The predicted octanol–water partition coefficient (Wildman–Crippen LogP) is 1.39. The van der Waals surface area contributed by atoms with Gasteiger partial charge in [0.1, 0.15) is 5.75 Å². The molecular formula is C14H22N2O2. The highest BCUT2D eigenvalue weighted by molar-refractivity contribution is 5.79. The zero-order chi connectivity index (χ0) is 13.5. The minimum atomic E-state index is -0.0530. The lowest BCUT2D eigenvalue weighted by Gasteiger charge is -2.16. The Labute approximate surface area is 109 Å². The van der Waals surface area contributed by atoms with Crippen molar-refractivity contribution in [2.45, 2.75) is 25.8 Å². The largest absolute Gasteiger partial charge is 0.508 e. The van der Waals surface area contributed by atoms with E-state index in [1.165, 1.54) is 0 Å². The fourth-order valence-corrected chi connectivity index (χ4v) is 1.68. The van der Waals surface area contributed by atoms with Crippen molar-refractivity contribution >= 4 is 5.91 Å². The first-order valence-electron chi connectivity index (χ1n) is 6.20. The van der Waals surface area contributed by atoms with E-state index < -0.39 is 0 Å². The maximum Gasteiger partial charge on any atom is 0.224 e. The molecule has 0 heterocycles. The van der Waals surface area contributed by atoms with E-state index in [0.29, 0.717) is 5.56 Å². The first kappa shape index (κ1) is 14.5. The fraction of sp³-hybridized carbons (Fsp3) is 0.500. The third-order valence-electron chi connectivity index (χ3n) is 2.76. The molecule has 0 aromatic heterocycles. The Bertz CT molecular complexity index is 391. The predicted molar refractivity (Wildman–Crippen MR) is 72.6 cm³/mol. The van der Waals surface area contributed by atoms with E-state index in [0.717, 1.165) is 13.0 Å². The van der Waals surface area contributed by atoms with Crippen molar-refractivity contribution in [1.82, 2.24) is 10.2 Å². The monoisotopic (exact) mass is 250 g/mol. The van der Waals surface area contributed by atoms with Gasteiger partial charge in [0.15, 0.2) is 0 Å². The lowest BCUT2D eigenvalue weighted by Crippen LogP contribution is -2.35. The van der Waals surface area contributed by atoms with Gasteiger partial charge in [0.2, 0.25) is 5.91 Å². The van der Waals surface area contributed by atoms with Crippen LogP contribution in [0.2, 0.25) is 0 Å². The number of amides is 1. The van der Waals surface area contributed by atoms with Crippen molar-refractivity contribution in [2.75, 3.05) is 20.6 Å². The standard InChI is InChI=1S/C14H22N2O2/c1-11(8-9-16(2)3)15-14(18)10-12-6-4-5-7-13(12)17/h4-7,11,17H,8-10H2,1-3H3,(H,15,18). The maximum atomic E-state index is 11.8. The smallest absolute Gasteiger partial charge is 0.224 e. The number of aromatic hydroxyl groups is 1. The van der Waals surface area contributed by atoms with E-state index in [9.17, 15) is 9.90 Å². The van der Waals surface area contributed by atoms with Crippen LogP contribution in [0, 0.1) is 0 Å². The van der Waals surface area contributed by atoms with Gasteiger partial charge in [-0.1, -0.05) is 18.2 Å². The van der Waals surface area contributed by atoms with Gasteiger partial charge in [0, 0.05) is 11.6 Å². The van der Waals surface area contributed by atoms with Crippen LogP contribution in [0.1, 0.15) is 18.9 Å². The molecule has 0 aliphatic rings. The van der Waals surface area contributed by atoms with Crippen molar-refractivity contribution in [1.29, 1.82) is 0 Å². The van der Waals surface area contributed by atoms with Crippen molar-refractivity contribution in [3.05, 3.63) is 29.8 Å². The molecular weight excluding hydrogens is 228 g/mol. The number of rotatable bonds is 6. The molecule has 100 valence electrons. The molecule has 0 aliphatic carbocycles. The van der Waals surface area contributed by atoms with E-state index in [1.807, 2.05) is 27.1 Å². The molecule has 0 fully saturated rings. The first-order chi connectivity index (χ1) is 8.49. The zero-order valence-corrected chi connectivity index (χ0v) is 11.3. The molecule has 2 N–H and O–H groups in total. The van der Waals surface area contributed by atoms with Crippen LogP contribution in [0.3, 0.4) is 0 Å². The van der Waals surface area contributed by atoms with Crippen LogP contribution < -0.4 is 5.32 Å². The number of nitrogens with zero attached hydrogens (tertiary/aromatic N) is 1. The van der Waals surface area contributed by atoms with Gasteiger partial charge in [-0.3, -0.25) is 4.79 Å². The zero-order valence-electron chi connectivity index (χ0n) is 11.3. The molecule has 1 aromatic carbocycles. The molecule has 1 atom stereocenters. The second kappa shape index (κ2) is 7.01. The Hall–Kier alpha value is -1.55. The highest BCUT2D eigenvalue weighted by Gasteiger charge is 2.10. The Balaban J connectivity index is 2.40. The number of carbonyl (C=O) groups excluding carboxylic acids is 1. The molecule has 4 heteroatoms. The van der Waals surface area contributed by atoms with Crippen molar-refractivity contribution < 1.29 is 9.90 Å². The Morgan fingerprint density at radius 3 is 2.67 bits per heavy atom. The summed E-state index contributed by atoms with van der Waals surface area (Å²) in [6.07, 6.45) is 1.14. The van der Waals surface area contributed by atoms with E-state index in [4.69, 9.17) is 0 Å². The summed E-state index contributed by atoms with van der Waals surface area (Å²) in [4.78, 5) is 13.9. The molecule has 4 nitrogen and oxygen atoms in total. The SMILES string of the molecule is CC(CCN(C)C)NC(=O)Cc1ccccc1O. The van der Waals surface area contributed by atoms with Gasteiger partial charge in [-0.25, -0.2) is 0 Å². The second-order valence-electron chi connectivity index (χ2n) is 4.87. The summed E-state index contributed by atoms with van der Waals surface area (Å²) in [5, 5.41) is 12.5. The Morgan fingerprint density at radius 1 is 1.39 bits per heavy atom. The van der Waals surface area contributed by atoms with Crippen LogP contribution in [0.5, 0.6) is 5.75 Å². The van der Waals surface area contributed by atoms with Crippen molar-refractivity contribution in [3.8, 4) is 5.75 Å². The van der Waals surface area contributed by atoms with Gasteiger partial charge >= 0.3 is 0 Å². The number of carbonyl (C=O) groups is 1. The normalized spacial score (nSPS) is 12.4. The van der Waals surface area contributed by atoms with Crippen LogP contribution >= 0.6 is 0 Å². The lowest BCUT2D eigenvalue weighted by molar-refractivity contribution is -0.121. The van der Waals surface area contributed by atoms with Gasteiger partial charge in [-0.15, -0.1) is 0 Å². The molecule has 0 bridgehead atoms. The minimum absolute atomic E-state index is 0.0530. The molecule has 18 heavy (non-hydrogen) atoms. The van der Waals surface area contributed by atoms with Crippen molar-refractivity contribution in [3.63, 3.8) is 0 Å². The molecule has 0 spiro atoms. The summed E-state index contributed by atoms with van der Waals surface area (Å²) in [5.74, 6) is 0.122. The minimum Gasteiger partial charge on any atom is -0.508 e. The average molecular weight is 250 g/mol. The van der Waals surface area contributed by atoms with Gasteiger partial charge in [0.05, 0.1) is 6.42 Å². The molecule has 0 aliphatic heterocycles. The molecule has 1 unspecified atom stereocenters. The van der Waals surface area contributed by atoms with Crippen LogP contribution in [-0.4, -0.2) is 42.6 Å². The molecule has 0 radical (unpaired) electrons. The summed E-state index contributed by atoms with van der Waals surface area (Å²) < 4.78 is 0. The Kier molecular flexibility index (Phi) is 5.65. The average Bonchev–Trinajstić information content (AvgIpc) is 2.29. The van der Waals surface area contributed by atoms with Crippen molar-refractivity contribution in [2.24, 2.45) is 0 Å². The molecule has 1 amide bonds. The number of hydrogen-bond acceptors (Lipinski definition) is 3. The first-order valence-corrected chi connectivity index (χ1v) is 6.20. The van der Waals surface area contributed by atoms with Gasteiger partial charge in [-0.05, 0) is 40.1 Å². The summed E-state index contributed by atoms with van der Waals surface area (Å²) in [6.45, 7) is 2.93. The number of hydrogen-bond donors (Lipinski definition) is 2. The highest BCUT2D eigenvalue weighted by atomic mass is 16.3. The summed E-state index contributed by atoms with van der Waals surface area (Å²) >= 11 is 0. The second-order valence-corrected chi connectivity index (χ2v) is 4.87. The molecule has 0 saturated heterocycles. The third kappa shape index (κ3) is 5.19. The number of nitrogens with one attached hydrogen (secondary N) is 1. The fourth-order valence-electron chi connectivity index (χ4n) is 1.68. The number of benzene rings is 1. The molecule has 0 saturated carbocycles. The number of phenolic OH excluding ortho intramolecular Hbond substituents is 1. The highest BCUT2D eigenvalue weighted by Crippen LogP contribution is 2.15. The lowest BCUT2D eigenvalue weighted by atomic mass is 10.1. The van der Waals surface area contributed by atoms with Crippen LogP contribution in [0.15, 0.2) is 24.3 Å². The summed E-state index contributed by atoms with van der Waals surface area (Å²) in [7, 11) is 4.02. The molecule has 1 aromatic rings. The number of phenols is 1. The van der Waals surface area contributed by atoms with Crippen LogP contribution in [-0.2, 0) is 11.2 Å². The van der Waals surface area contributed by atoms with E-state index >= 15 is 0 Å². The topological polar surface area (TPSA) is 52.6 Å². The van der Waals surface area contributed by atoms with Gasteiger partial charge in [-0.2, -0.15) is 0 Å². The van der Waals surface area contributed by atoms with Crippen LogP contribution in [0.4, 0.5) is 0 Å². The maximum absolute atomic E-state index is 11.8. The third-order valence-corrected chi connectivity index (χ3v) is 2.76. The Morgan fingerprint density at radius 2 is 2.06 bits per heavy atom. The summed E-state index contributed by atoms with van der Waals surface area (Å²) in [6, 6.07) is 7.07. The van der Waals surface area contributed by atoms with E-state index in [1.54, 1.807) is 18.2 Å². The quantitative estimate of drug-likeness (QED) is 0.802. The van der Waals surface area contributed by atoms with Gasteiger partial charge < -0.3 is 15.3 Å². The van der Waals surface area contributed by atoms with Crippen LogP contribution in [0.25, 0.3) is 0 Å². The van der Waals surface area contributed by atoms with E-state index in [2.05, 4.69) is 10.2 Å². The summed E-state index contributed by atoms with van der Waals surface area (Å²) in [5.41, 5.74) is 0.662. The van der Waals surface area contributed by atoms with Gasteiger partial charge in [0.25, 0.3) is 0 Å². The number of para-hydroxylation sites is 1.